The minimum Gasteiger partial charge on any atom is -0.357 e. The van der Waals surface area contributed by atoms with Crippen LogP contribution in [0.15, 0.2) is 70.6 Å². The molecular weight excluding hydrogens is 535 g/mol. The molecule has 0 radical (unpaired) electrons. The molecule has 32 heavy (non-hydrogen) atoms. The van der Waals surface area contributed by atoms with Crippen LogP contribution in [0.25, 0.3) is 6.08 Å². The van der Waals surface area contributed by atoms with Gasteiger partial charge in [0.05, 0.1) is 11.4 Å². The third kappa shape index (κ3) is 8.22. The fraction of sp³-hybridized carbons (Fsp3) is 0.375. The van der Waals surface area contributed by atoms with Gasteiger partial charge in [-0.15, -0.1) is 24.0 Å². The normalized spacial score (nSPS) is 15.6. The Morgan fingerprint density at radius 1 is 1.03 bits per heavy atom. The molecule has 0 unspecified atom stereocenters. The van der Waals surface area contributed by atoms with Crippen molar-refractivity contribution >= 4 is 45.8 Å². The number of nitrogens with one attached hydrogen (secondary N) is 1. The lowest BCUT2D eigenvalue weighted by Crippen LogP contribution is -2.52. The van der Waals surface area contributed by atoms with Gasteiger partial charge in [0.2, 0.25) is 0 Å². The van der Waals surface area contributed by atoms with Crippen LogP contribution in [0, 0.1) is 0 Å². The zero-order chi connectivity index (χ0) is 22.1. The zero-order valence-electron chi connectivity index (χ0n) is 18.8. The summed E-state index contributed by atoms with van der Waals surface area (Å²) >= 11 is 0. The average Bonchev–Trinajstić information content (AvgIpc) is 2.78. The van der Waals surface area contributed by atoms with Crippen LogP contribution in [0.2, 0.25) is 0 Å². The molecule has 2 aromatic carbocycles. The van der Waals surface area contributed by atoms with Crippen molar-refractivity contribution in [2.45, 2.75) is 18.4 Å². The monoisotopic (exact) mass is 568 g/mol. The van der Waals surface area contributed by atoms with E-state index >= 15 is 0 Å². The number of nitrogens with zero attached hydrogens (tertiary/aromatic N) is 3. The van der Waals surface area contributed by atoms with Gasteiger partial charge < -0.3 is 10.2 Å². The Morgan fingerprint density at radius 2 is 1.69 bits per heavy atom. The molecule has 0 saturated carbocycles. The maximum Gasteiger partial charge on any atom is 0.194 e. The number of benzene rings is 2. The molecule has 3 rings (SSSR count). The van der Waals surface area contributed by atoms with Gasteiger partial charge >= 0.3 is 0 Å². The summed E-state index contributed by atoms with van der Waals surface area (Å²) in [6.45, 7) is 8.19. The van der Waals surface area contributed by atoms with Crippen molar-refractivity contribution in [3.8, 4) is 0 Å². The molecule has 1 heterocycles. The Labute approximate surface area is 209 Å². The number of rotatable bonds is 7. The lowest BCUT2D eigenvalue weighted by atomic mass is 10.2. The van der Waals surface area contributed by atoms with E-state index in [1.807, 2.05) is 18.2 Å². The first-order chi connectivity index (χ1) is 15.0. The molecule has 1 fully saturated rings. The Kier molecular flexibility index (Phi) is 10.7. The van der Waals surface area contributed by atoms with Crippen molar-refractivity contribution in [1.82, 2.24) is 15.1 Å². The van der Waals surface area contributed by atoms with Crippen LogP contribution >= 0.6 is 24.0 Å². The number of piperazine rings is 1. The smallest absolute Gasteiger partial charge is 0.194 e. The molecule has 174 valence electrons. The van der Waals surface area contributed by atoms with Crippen LogP contribution in [0.1, 0.15) is 18.1 Å². The Hall–Kier alpha value is -1.91. The van der Waals surface area contributed by atoms with Crippen molar-refractivity contribution in [1.29, 1.82) is 0 Å². The van der Waals surface area contributed by atoms with E-state index in [2.05, 4.69) is 58.5 Å². The van der Waals surface area contributed by atoms with Crippen molar-refractivity contribution in [3.63, 3.8) is 0 Å². The highest BCUT2D eigenvalue weighted by molar-refractivity contribution is 14.0. The molecule has 6 nitrogen and oxygen atoms in total. The van der Waals surface area contributed by atoms with Crippen molar-refractivity contribution in [2.75, 3.05) is 45.5 Å². The minimum absolute atomic E-state index is 0. The highest BCUT2D eigenvalue weighted by Gasteiger charge is 2.18. The van der Waals surface area contributed by atoms with Gasteiger partial charge in [0.25, 0.3) is 0 Å². The average molecular weight is 569 g/mol. The van der Waals surface area contributed by atoms with Gasteiger partial charge in [-0.3, -0.25) is 4.90 Å². The summed E-state index contributed by atoms with van der Waals surface area (Å²) in [5.41, 5.74) is 2.22. The summed E-state index contributed by atoms with van der Waals surface area (Å²) in [6.07, 6.45) is 5.62. The van der Waals surface area contributed by atoms with Crippen LogP contribution in [0.3, 0.4) is 0 Å². The first-order valence-corrected chi connectivity index (χ1v) is 12.6. The zero-order valence-corrected chi connectivity index (χ0v) is 21.9. The van der Waals surface area contributed by atoms with Crippen LogP contribution in [-0.4, -0.2) is 69.7 Å². The maximum atomic E-state index is 11.6. The van der Waals surface area contributed by atoms with Gasteiger partial charge in [-0.05, 0) is 30.2 Å². The SMILES string of the molecule is CCNC(=NCc1ccc(S(C)(=O)=O)cc1)N1CCN(C/C=C/c2ccccc2)CC1.I. The Morgan fingerprint density at radius 3 is 2.28 bits per heavy atom. The molecule has 1 aliphatic rings. The van der Waals surface area contributed by atoms with E-state index in [1.54, 1.807) is 12.1 Å². The summed E-state index contributed by atoms with van der Waals surface area (Å²) in [5.74, 6) is 0.911. The molecule has 1 saturated heterocycles. The van der Waals surface area contributed by atoms with Crippen molar-refractivity contribution < 1.29 is 8.42 Å². The second kappa shape index (κ2) is 13.0. The molecule has 0 aliphatic carbocycles. The van der Waals surface area contributed by atoms with Gasteiger partial charge in [-0.25, -0.2) is 13.4 Å². The summed E-state index contributed by atoms with van der Waals surface area (Å²) in [6, 6.07) is 17.3. The number of hydrogen-bond donors (Lipinski definition) is 1. The van der Waals surface area contributed by atoms with Crippen LogP contribution < -0.4 is 5.32 Å². The first kappa shape index (κ1) is 26.3. The van der Waals surface area contributed by atoms with E-state index in [0.29, 0.717) is 11.4 Å². The van der Waals surface area contributed by atoms with E-state index in [9.17, 15) is 8.42 Å². The third-order valence-corrected chi connectivity index (χ3v) is 6.37. The highest BCUT2D eigenvalue weighted by Crippen LogP contribution is 2.12. The number of sulfone groups is 1. The quantitative estimate of drug-likeness (QED) is 0.315. The number of hydrogen-bond acceptors (Lipinski definition) is 4. The van der Waals surface area contributed by atoms with Gasteiger partial charge in [0, 0.05) is 45.5 Å². The topological polar surface area (TPSA) is 65.0 Å². The molecule has 0 bridgehead atoms. The molecule has 8 heteroatoms. The maximum absolute atomic E-state index is 11.6. The molecule has 0 atom stereocenters. The predicted octanol–water partition coefficient (Wildman–Crippen LogP) is 3.50. The van der Waals surface area contributed by atoms with Crippen LogP contribution in [0.5, 0.6) is 0 Å². The second-order valence-corrected chi connectivity index (χ2v) is 9.70. The van der Waals surface area contributed by atoms with Gasteiger partial charge in [0.1, 0.15) is 0 Å². The number of aliphatic imine (C=N–C) groups is 1. The Bertz CT molecular complexity index is 984. The van der Waals surface area contributed by atoms with Crippen molar-refractivity contribution in [2.24, 2.45) is 4.99 Å². The second-order valence-electron chi connectivity index (χ2n) is 7.69. The summed E-state index contributed by atoms with van der Waals surface area (Å²) < 4.78 is 23.2. The molecule has 0 aromatic heterocycles. The summed E-state index contributed by atoms with van der Waals surface area (Å²) in [4.78, 5) is 9.86. The minimum atomic E-state index is -3.17. The fourth-order valence-electron chi connectivity index (χ4n) is 3.48. The molecule has 0 amide bonds. The largest absolute Gasteiger partial charge is 0.357 e. The van der Waals surface area contributed by atoms with E-state index in [-0.39, 0.29) is 24.0 Å². The number of guanidine groups is 1. The van der Waals surface area contributed by atoms with E-state index in [4.69, 9.17) is 4.99 Å². The van der Waals surface area contributed by atoms with E-state index < -0.39 is 9.84 Å². The molecular formula is C24H33IN4O2S. The standard InChI is InChI=1S/C24H32N4O2S.HI/c1-3-25-24(26-20-22-11-13-23(14-12-22)31(2,29)30)28-18-16-27(17-19-28)15-7-10-21-8-5-4-6-9-21;/h4-14H,3,15-20H2,1-2H3,(H,25,26);1H/b10-7+;. The van der Waals surface area contributed by atoms with Gasteiger partial charge in [-0.2, -0.15) is 0 Å². The molecule has 0 spiro atoms. The van der Waals surface area contributed by atoms with Crippen LogP contribution in [-0.2, 0) is 16.4 Å². The lowest BCUT2D eigenvalue weighted by molar-refractivity contribution is 0.194. The summed E-state index contributed by atoms with van der Waals surface area (Å²) in [5, 5.41) is 3.39. The van der Waals surface area contributed by atoms with Crippen molar-refractivity contribution in [3.05, 3.63) is 71.8 Å². The molecule has 1 N–H and O–H groups in total. The Balaban J connectivity index is 0.00000363. The van der Waals surface area contributed by atoms with E-state index in [0.717, 1.165) is 50.8 Å². The third-order valence-electron chi connectivity index (χ3n) is 5.24. The lowest BCUT2D eigenvalue weighted by Gasteiger charge is -2.36. The highest BCUT2D eigenvalue weighted by atomic mass is 127. The fourth-order valence-corrected chi connectivity index (χ4v) is 4.11. The van der Waals surface area contributed by atoms with Gasteiger partial charge in [0.15, 0.2) is 15.8 Å². The summed E-state index contributed by atoms with van der Waals surface area (Å²) in [7, 11) is -3.17. The molecule has 2 aromatic rings. The molecule has 1 aliphatic heterocycles. The van der Waals surface area contributed by atoms with Crippen LogP contribution in [0.4, 0.5) is 0 Å². The number of halogens is 1. The van der Waals surface area contributed by atoms with Gasteiger partial charge in [-0.1, -0.05) is 54.6 Å². The first-order valence-electron chi connectivity index (χ1n) is 10.7. The predicted molar refractivity (Wildman–Crippen MR) is 143 cm³/mol. The van der Waals surface area contributed by atoms with E-state index in [1.165, 1.54) is 11.8 Å².